The zero-order valence-electron chi connectivity index (χ0n) is 69.2. The summed E-state index contributed by atoms with van der Waals surface area (Å²) in [6.07, 6.45) is 53.9. The maximum absolute atomic E-state index is 12.4. The molecule has 10 aliphatic rings. The van der Waals surface area contributed by atoms with E-state index in [0.29, 0.717) is 0 Å². The number of benzene rings is 12. The van der Waals surface area contributed by atoms with Crippen molar-refractivity contribution in [3.05, 3.63) is 405 Å². The summed E-state index contributed by atoms with van der Waals surface area (Å²) in [6.45, 7) is 15.6. The van der Waals surface area contributed by atoms with E-state index in [-0.39, 0.29) is 23.7 Å². The van der Waals surface area contributed by atoms with Gasteiger partial charge in [0.15, 0.2) is 0 Å². The zero-order valence-corrected chi connectivity index (χ0v) is 75.5. The van der Waals surface area contributed by atoms with E-state index in [2.05, 4.69) is 356 Å². The van der Waals surface area contributed by atoms with E-state index in [1.54, 1.807) is 0 Å². The van der Waals surface area contributed by atoms with Gasteiger partial charge in [-0.15, -0.1) is 0 Å². The predicted octanol–water partition coefficient (Wildman–Crippen LogP) is 29.5. The van der Waals surface area contributed by atoms with Gasteiger partial charge < -0.3 is 0 Å². The van der Waals surface area contributed by atoms with E-state index in [9.17, 15) is 17.0 Å². The Labute approximate surface area is 705 Å². The predicted molar refractivity (Wildman–Crippen MR) is 506 cm³/mol. The second kappa shape index (κ2) is 26.6. The van der Waals surface area contributed by atoms with E-state index < -0.39 is 43.5 Å². The topological polar surface area (TPSA) is 36.9 Å². The van der Waals surface area contributed by atoms with Crippen LogP contribution in [0.3, 0.4) is 0 Å². The molecular formula is C110H96Cl2O4Si2Zr. The van der Waals surface area contributed by atoms with Gasteiger partial charge in [-0.3, -0.25) is 0 Å². The van der Waals surface area contributed by atoms with E-state index in [4.69, 9.17) is 18.9 Å². The molecule has 0 N–H and O–H groups in total. The molecule has 0 bridgehead atoms. The van der Waals surface area contributed by atoms with Gasteiger partial charge in [0, 0.05) is 0 Å². The standard InChI is InChI=1S/2C55H48O2Si.2ClH.Zr/c2*1-6-34-32-48-40(50-36-20-8-14-26-42(36)52(56-3)43-27-15-9-21-37(43)50)24-12-18-30-46(48)54(34)58(5)55-35(7-2)33-49-41(25-13-19-31-47(49)55)51-38-22-10-16-28-44(38)53(57-4)45-29-17-11-23-39(45)51;;;/h2*8-33,40-41,58H,6-7H2,1-5H3;2*1H;/q;;;;+2/p-2. The Hall–Kier alpha value is -10.3. The minimum absolute atomic E-state index is 0.240. The van der Waals surface area contributed by atoms with Crippen LogP contribution < -0.4 is 18.9 Å². The quantitative estimate of drug-likeness (QED) is 0.0902. The Morgan fingerprint density at radius 3 is 0.597 bits per heavy atom. The molecule has 2 aliphatic heterocycles. The van der Waals surface area contributed by atoms with Crippen LogP contribution in [-0.2, 0) is 14.9 Å². The number of methoxy groups -OCH3 is 4. The van der Waals surface area contributed by atoms with Crippen molar-refractivity contribution in [2.45, 2.75) is 101 Å². The monoisotopic (exact) mass is 1700 g/mol. The molecule has 8 unspecified atom stereocenters. The van der Waals surface area contributed by atoms with Gasteiger partial charge in [-0.05, 0) is 0 Å². The number of allylic oxidation sites excluding steroid dienone is 32. The molecule has 8 aliphatic carbocycles. The Morgan fingerprint density at radius 1 is 0.269 bits per heavy atom. The number of ether oxygens (including phenoxy) is 4. The normalized spacial score (nSPS) is 27.4. The Morgan fingerprint density at radius 2 is 0.437 bits per heavy atom. The molecule has 119 heavy (non-hydrogen) atoms. The first-order chi connectivity index (χ1) is 58.2. The van der Waals surface area contributed by atoms with Crippen LogP contribution >= 0.6 is 17.0 Å². The number of fused-ring (bicyclic) bond motifs is 16. The third-order valence-electron chi connectivity index (χ3n) is 31.8. The molecule has 22 rings (SSSR count). The van der Waals surface area contributed by atoms with Crippen LogP contribution in [0.5, 0.6) is 23.0 Å². The summed E-state index contributed by atoms with van der Waals surface area (Å²) >= 11 is -8.32. The summed E-state index contributed by atoms with van der Waals surface area (Å²) < 4.78 is 22.7. The van der Waals surface area contributed by atoms with E-state index >= 15 is 0 Å². The third kappa shape index (κ3) is 8.25. The fraction of sp³-hybridized carbons (Fsp3) is 0.200. The van der Waals surface area contributed by atoms with Crippen LogP contribution in [-0.4, -0.2) is 46.0 Å². The third-order valence-corrected chi connectivity index (χ3v) is 116. The Bertz CT molecular complexity index is 6140. The molecule has 0 saturated carbocycles. The molecule has 2 saturated heterocycles. The molecule has 4 nitrogen and oxygen atoms in total. The van der Waals surface area contributed by atoms with Gasteiger partial charge >= 0.3 is 712 Å². The molecular weight excluding hydrogens is 1600 g/mol. The van der Waals surface area contributed by atoms with Crippen LogP contribution in [0.4, 0.5) is 0 Å². The fourth-order valence-corrected chi connectivity index (χ4v) is 152. The van der Waals surface area contributed by atoms with Crippen molar-refractivity contribution in [1.82, 2.24) is 0 Å². The SMILES string of the molecule is CCC1=CC2=C(C=CC=CC2c2c3ccccc3c(OC)c3ccccc23)[C]12[SiH](C)[C]1(C(CC)=CC3=C1C=CC=CC3c1c3ccccc3c(OC)c3ccccc13)[Zr]21([Cl])([Cl])[C]2(C(CC)=CC3=C2C=CC=CC3c2c3ccccc3c(OC)c3ccccc23)[SiH](C)[C]12C(CC)=CC1=C2C=CC=CC1c1c2ccccc2c(OC)c2ccccc12. The van der Waals surface area contributed by atoms with Crippen LogP contribution in [0.1, 0.15) is 99.3 Å². The maximum atomic E-state index is 12.4. The average Bonchev–Trinajstić information content (AvgIpc) is 1.52. The second-order valence-corrected chi connectivity index (χ2v) is 74.7. The molecule has 0 aromatic heterocycles. The molecule has 5 spiro atoms. The van der Waals surface area contributed by atoms with Gasteiger partial charge in [0.25, 0.3) is 0 Å². The Balaban J connectivity index is 0.967. The molecule has 12 aromatic carbocycles. The number of hydrogen-bond acceptors (Lipinski definition) is 4. The molecule has 8 atom stereocenters. The van der Waals surface area contributed by atoms with Crippen LogP contribution in [0.2, 0.25) is 24.1 Å². The fourth-order valence-electron chi connectivity index (χ4n) is 29.0. The molecule has 0 amide bonds. The number of hydrogen-bond donors (Lipinski definition) is 0. The van der Waals surface area contributed by atoms with Crippen molar-refractivity contribution in [3.8, 4) is 23.0 Å². The van der Waals surface area contributed by atoms with Gasteiger partial charge in [-0.1, -0.05) is 0 Å². The molecule has 2 fully saturated rings. The zero-order chi connectivity index (χ0) is 81.1. The van der Waals surface area contributed by atoms with Gasteiger partial charge in [-0.2, -0.15) is 0 Å². The van der Waals surface area contributed by atoms with Crippen molar-refractivity contribution in [2.24, 2.45) is 0 Å². The molecule has 2 heterocycles. The average molecular weight is 1700 g/mol. The summed E-state index contributed by atoms with van der Waals surface area (Å²) in [5.74, 6) is 2.61. The van der Waals surface area contributed by atoms with Crippen LogP contribution in [0.15, 0.2) is 383 Å². The van der Waals surface area contributed by atoms with Crippen molar-refractivity contribution < 1.29 is 33.9 Å². The molecule has 9 heteroatoms. The molecule has 12 aromatic rings. The Kier molecular flexibility index (Phi) is 16.7. The summed E-state index contributed by atoms with van der Waals surface area (Å²) in [5, 5.41) is 18.2. The summed E-state index contributed by atoms with van der Waals surface area (Å²) in [4.78, 5) is 0. The van der Waals surface area contributed by atoms with Gasteiger partial charge in [-0.25, -0.2) is 0 Å². The molecule has 0 radical (unpaired) electrons. The first kappa shape index (κ1) is 74.9. The number of halogens is 2. The van der Waals surface area contributed by atoms with Crippen LogP contribution in [0.25, 0.3) is 86.2 Å². The van der Waals surface area contributed by atoms with E-state index in [1.165, 1.54) is 132 Å². The van der Waals surface area contributed by atoms with Crippen molar-refractivity contribution >= 4 is 121 Å². The first-order valence-corrected chi connectivity index (χ1v) is 59.0. The molecule has 586 valence electrons. The van der Waals surface area contributed by atoms with Crippen LogP contribution in [0, 0.1) is 0 Å². The summed E-state index contributed by atoms with van der Waals surface area (Å²) in [5.41, 5.74) is 21.4. The van der Waals surface area contributed by atoms with Crippen molar-refractivity contribution in [1.29, 1.82) is 0 Å². The second-order valence-electron chi connectivity index (χ2n) is 34.9. The van der Waals surface area contributed by atoms with Gasteiger partial charge in [0.2, 0.25) is 0 Å². The van der Waals surface area contributed by atoms with E-state index in [0.717, 1.165) is 91.8 Å². The van der Waals surface area contributed by atoms with Crippen molar-refractivity contribution in [3.63, 3.8) is 0 Å². The van der Waals surface area contributed by atoms with Gasteiger partial charge in [0.05, 0.1) is 0 Å². The first-order valence-electron chi connectivity index (χ1n) is 43.1. The number of rotatable bonds is 12. The van der Waals surface area contributed by atoms with E-state index in [1.807, 2.05) is 28.4 Å². The summed E-state index contributed by atoms with van der Waals surface area (Å²) in [7, 11) is 26.2. The minimum atomic E-state index is -8.32. The summed E-state index contributed by atoms with van der Waals surface area (Å²) in [6, 6.07) is 72.1. The van der Waals surface area contributed by atoms with Gasteiger partial charge in [0.1, 0.15) is 0 Å². The van der Waals surface area contributed by atoms with Crippen molar-refractivity contribution in [2.75, 3.05) is 28.4 Å².